The highest BCUT2D eigenvalue weighted by molar-refractivity contribution is 5.94. The molecule has 0 aromatic carbocycles. The van der Waals surface area contributed by atoms with E-state index in [4.69, 9.17) is 16.6 Å². The van der Waals surface area contributed by atoms with E-state index in [0.717, 1.165) is 0 Å². The van der Waals surface area contributed by atoms with E-state index in [2.05, 4.69) is 10.6 Å². The molecule has 0 aromatic rings. The highest BCUT2D eigenvalue weighted by Crippen LogP contribution is 2.04. The molecule has 0 saturated heterocycles. The fourth-order valence-corrected chi connectivity index (χ4v) is 1.91. The third-order valence-electron chi connectivity index (χ3n) is 2.99. The van der Waals surface area contributed by atoms with E-state index in [1.807, 2.05) is 13.8 Å². The summed E-state index contributed by atoms with van der Waals surface area (Å²) < 4.78 is 0. The van der Waals surface area contributed by atoms with Crippen molar-refractivity contribution in [1.29, 1.82) is 0 Å². The maximum atomic E-state index is 12.1. The van der Waals surface area contributed by atoms with Gasteiger partial charge in [-0.1, -0.05) is 13.8 Å². The van der Waals surface area contributed by atoms with Crippen LogP contribution < -0.4 is 22.1 Å². The molecule has 0 aromatic heterocycles. The third kappa shape index (κ3) is 8.83. The van der Waals surface area contributed by atoms with Crippen LogP contribution in [0.5, 0.6) is 0 Å². The van der Waals surface area contributed by atoms with Crippen LogP contribution >= 0.6 is 0 Å². The first-order valence-corrected chi connectivity index (χ1v) is 7.38. The predicted molar refractivity (Wildman–Crippen MR) is 83.4 cm³/mol. The molecule has 136 valence electrons. The largest absolute Gasteiger partial charge is 0.481 e. The summed E-state index contributed by atoms with van der Waals surface area (Å²) in [6.07, 6.45) is -0.244. The second-order valence-electron chi connectivity index (χ2n) is 5.82. The number of carbonyl (C=O) groups excluding carboxylic acids is 4. The molecule has 10 heteroatoms. The van der Waals surface area contributed by atoms with Crippen LogP contribution in [-0.2, 0) is 24.0 Å². The molecular weight excluding hydrogens is 320 g/mol. The molecule has 10 nitrogen and oxygen atoms in total. The van der Waals surface area contributed by atoms with E-state index >= 15 is 0 Å². The van der Waals surface area contributed by atoms with Crippen LogP contribution in [0.25, 0.3) is 0 Å². The van der Waals surface area contributed by atoms with Crippen molar-refractivity contribution >= 4 is 30.0 Å². The second kappa shape index (κ2) is 10.3. The summed E-state index contributed by atoms with van der Waals surface area (Å²) in [4.78, 5) is 56.6. The molecular formula is C14H24N4O6. The maximum absolute atomic E-state index is 12.1. The van der Waals surface area contributed by atoms with Gasteiger partial charge in [0.2, 0.25) is 17.7 Å². The molecule has 0 bridgehead atoms. The van der Waals surface area contributed by atoms with Gasteiger partial charge < -0.3 is 32.0 Å². The van der Waals surface area contributed by atoms with Crippen LogP contribution in [0.2, 0.25) is 0 Å². The Bertz CT molecular complexity index is 494. The van der Waals surface area contributed by atoms with Crippen LogP contribution in [0.1, 0.15) is 33.1 Å². The van der Waals surface area contributed by atoms with Crippen LogP contribution in [0.4, 0.5) is 0 Å². The molecule has 3 amide bonds. The first kappa shape index (κ1) is 21.5. The first-order chi connectivity index (χ1) is 11.1. The molecule has 0 saturated carbocycles. The zero-order chi connectivity index (χ0) is 18.9. The van der Waals surface area contributed by atoms with Gasteiger partial charge in [0, 0.05) is 0 Å². The van der Waals surface area contributed by atoms with Crippen LogP contribution in [0, 0.1) is 5.92 Å². The Balaban J connectivity index is 4.94. The molecule has 0 fully saturated rings. The van der Waals surface area contributed by atoms with Gasteiger partial charge >= 0.3 is 5.97 Å². The summed E-state index contributed by atoms with van der Waals surface area (Å²) in [7, 11) is 0. The van der Waals surface area contributed by atoms with Crippen molar-refractivity contribution in [2.45, 2.75) is 51.2 Å². The predicted octanol–water partition coefficient (Wildman–Crippen LogP) is -2.12. The van der Waals surface area contributed by atoms with Crippen molar-refractivity contribution in [3.8, 4) is 0 Å². The third-order valence-corrected chi connectivity index (χ3v) is 2.99. The molecule has 3 atom stereocenters. The number of rotatable bonds is 11. The summed E-state index contributed by atoms with van der Waals surface area (Å²) in [6.45, 7) is 3.70. The highest BCUT2D eigenvalue weighted by atomic mass is 16.4. The lowest BCUT2D eigenvalue weighted by atomic mass is 10.0. The number of hydrogen-bond donors (Lipinski definition) is 5. The van der Waals surface area contributed by atoms with E-state index < -0.39 is 54.7 Å². The average molecular weight is 344 g/mol. The number of carbonyl (C=O) groups is 5. The quantitative estimate of drug-likeness (QED) is 0.265. The highest BCUT2D eigenvalue weighted by Gasteiger charge is 2.28. The lowest BCUT2D eigenvalue weighted by Crippen LogP contribution is -2.54. The number of amides is 3. The van der Waals surface area contributed by atoms with Crippen molar-refractivity contribution in [2.75, 3.05) is 0 Å². The Morgan fingerprint density at radius 2 is 1.67 bits per heavy atom. The van der Waals surface area contributed by atoms with Crippen molar-refractivity contribution in [2.24, 2.45) is 17.4 Å². The van der Waals surface area contributed by atoms with Gasteiger partial charge in [0.05, 0.1) is 24.9 Å². The Hall–Kier alpha value is -2.49. The summed E-state index contributed by atoms with van der Waals surface area (Å²) in [5.41, 5.74) is 10.4. The monoisotopic (exact) mass is 344 g/mol. The fraction of sp³-hybridized carbons (Fsp3) is 0.643. The number of nitrogens with one attached hydrogen (secondary N) is 2. The Kier molecular flexibility index (Phi) is 9.25. The van der Waals surface area contributed by atoms with Gasteiger partial charge in [0.25, 0.3) is 0 Å². The summed E-state index contributed by atoms with van der Waals surface area (Å²) >= 11 is 0. The number of hydrogen-bond acceptors (Lipinski definition) is 6. The minimum absolute atomic E-state index is 0.122. The number of carboxylic acid groups (broad SMARTS) is 1. The molecule has 0 aliphatic heterocycles. The van der Waals surface area contributed by atoms with Gasteiger partial charge in [-0.25, -0.2) is 0 Å². The lowest BCUT2D eigenvalue weighted by Gasteiger charge is -2.21. The maximum Gasteiger partial charge on any atom is 0.305 e. The summed E-state index contributed by atoms with van der Waals surface area (Å²) in [5, 5.41) is 13.4. The fourth-order valence-electron chi connectivity index (χ4n) is 1.91. The van der Waals surface area contributed by atoms with E-state index in [1.165, 1.54) is 0 Å². The van der Waals surface area contributed by atoms with E-state index in [-0.39, 0.29) is 5.92 Å². The molecule has 0 aliphatic carbocycles. The van der Waals surface area contributed by atoms with Crippen molar-refractivity contribution < 1.29 is 29.1 Å². The Morgan fingerprint density at radius 1 is 1.08 bits per heavy atom. The molecule has 0 aliphatic rings. The molecule has 24 heavy (non-hydrogen) atoms. The number of aldehydes is 1. The van der Waals surface area contributed by atoms with Gasteiger partial charge in [-0.3, -0.25) is 19.2 Å². The van der Waals surface area contributed by atoms with Crippen LogP contribution in [0.15, 0.2) is 0 Å². The van der Waals surface area contributed by atoms with Gasteiger partial charge in [-0.05, 0) is 12.3 Å². The molecule has 0 rings (SSSR count). The molecule has 0 unspecified atom stereocenters. The zero-order valence-electron chi connectivity index (χ0n) is 13.7. The Labute approximate surface area is 139 Å². The number of carboxylic acids is 1. The van der Waals surface area contributed by atoms with E-state index in [1.54, 1.807) is 0 Å². The van der Waals surface area contributed by atoms with Gasteiger partial charge in [-0.15, -0.1) is 0 Å². The standard InChI is InChI=1S/C14H24N4O6/c1-7(2)3-8(6-19)17-14(24)10(5-12(21)22)18-13(23)9(15)4-11(16)20/h6-10H,3-5,15H2,1-2H3,(H2,16,20)(H,17,24)(H,18,23)(H,21,22)/t8-,9-,10-/m0/s1. The van der Waals surface area contributed by atoms with Gasteiger partial charge in [0.1, 0.15) is 12.3 Å². The minimum Gasteiger partial charge on any atom is -0.481 e. The molecule has 7 N–H and O–H groups in total. The normalized spacial score (nSPS) is 14.3. The van der Waals surface area contributed by atoms with Crippen molar-refractivity contribution in [1.82, 2.24) is 10.6 Å². The SMILES string of the molecule is CC(C)C[C@@H](C=O)NC(=O)[C@H](CC(=O)O)NC(=O)[C@@H](N)CC(N)=O. The van der Waals surface area contributed by atoms with E-state index in [9.17, 15) is 24.0 Å². The number of nitrogens with two attached hydrogens (primary N) is 2. The van der Waals surface area contributed by atoms with Crippen LogP contribution in [0.3, 0.4) is 0 Å². The van der Waals surface area contributed by atoms with Crippen molar-refractivity contribution in [3.05, 3.63) is 0 Å². The molecule has 0 radical (unpaired) electrons. The zero-order valence-corrected chi connectivity index (χ0v) is 13.7. The topological polar surface area (TPSA) is 182 Å². The van der Waals surface area contributed by atoms with Crippen molar-refractivity contribution in [3.63, 3.8) is 0 Å². The molecule has 0 spiro atoms. The average Bonchev–Trinajstić information content (AvgIpc) is 2.43. The number of aliphatic carboxylic acids is 1. The van der Waals surface area contributed by atoms with E-state index in [0.29, 0.717) is 12.7 Å². The van der Waals surface area contributed by atoms with Gasteiger partial charge in [0.15, 0.2) is 0 Å². The lowest BCUT2D eigenvalue weighted by molar-refractivity contribution is -0.141. The number of primary amides is 1. The molecule has 0 heterocycles. The Morgan fingerprint density at radius 3 is 2.08 bits per heavy atom. The first-order valence-electron chi connectivity index (χ1n) is 7.38. The van der Waals surface area contributed by atoms with Gasteiger partial charge in [-0.2, -0.15) is 0 Å². The summed E-state index contributed by atoms with van der Waals surface area (Å²) in [6, 6.07) is -3.53. The summed E-state index contributed by atoms with van der Waals surface area (Å²) in [5.74, 6) is -3.73. The second-order valence-corrected chi connectivity index (χ2v) is 5.82. The smallest absolute Gasteiger partial charge is 0.305 e. The van der Waals surface area contributed by atoms with Crippen LogP contribution in [-0.4, -0.2) is 53.2 Å². The minimum atomic E-state index is -1.43.